The molecule has 1 aliphatic heterocycles. The highest BCUT2D eigenvalue weighted by Gasteiger charge is 2.47. The third-order valence-electron chi connectivity index (χ3n) is 6.42. The van der Waals surface area contributed by atoms with Crippen LogP contribution in [0.5, 0.6) is 0 Å². The summed E-state index contributed by atoms with van der Waals surface area (Å²) < 4.78 is 5.34. The van der Waals surface area contributed by atoms with E-state index in [1.807, 2.05) is 49.9 Å². The molecule has 0 saturated heterocycles. The summed E-state index contributed by atoms with van der Waals surface area (Å²) in [6, 6.07) is 16.6. The Morgan fingerprint density at radius 2 is 1.82 bits per heavy atom. The van der Waals surface area contributed by atoms with Gasteiger partial charge in [-0.05, 0) is 68.9 Å². The van der Waals surface area contributed by atoms with Crippen LogP contribution < -0.4 is 15.5 Å². The smallest absolute Gasteiger partial charge is 0.407 e. The van der Waals surface area contributed by atoms with Gasteiger partial charge in [0.1, 0.15) is 5.60 Å². The molecule has 3 atom stereocenters. The molecule has 1 saturated carbocycles. The van der Waals surface area contributed by atoms with Crippen molar-refractivity contribution in [1.82, 2.24) is 5.32 Å². The van der Waals surface area contributed by atoms with E-state index in [0.29, 0.717) is 12.5 Å². The monoisotopic (exact) mass is 449 g/mol. The van der Waals surface area contributed by atoms with E-state index in [1.165, 1.54) is 12.8 Å². The first-order valence-electron chi connectivity index (χ1n) is 11.8. The fourth-order valence-corrected chi connectivity index (χ4v) is 4.95. The number of hydrogen-bond acceptors (Lipinski definition) is 4. The molecule has 6 nitrogen and oxygen atoms in total. The van der Waals surface area contributed by atoms with Gasteiger partial charge >= 0.3 is 6.09 Å². The van der Waals surface area contributed by atoms with Crippen LogP contribution in [-0.4, -0.2) is 23.6 Å². The van der Waals surface area contributed by atoms with E-state index in [9.17, 15) is 9.59 Å². The molecule has 1 heterocycles. The fourth-order valence-electron chi connectivity index (χ4n) is 4.95. The van der Waals surface area contributed by atoms with Gasteiger partial charge in [-0.25, -0.2) is 4.79 Å². The molecule has 2 aliphatic rings. The van der Waals surface area contributed by atoms with Crippen LogP contribution in [-0.2, 0) is 16.1 Å². The number of carbonyl (C=O) groups excluding carboxylic acids is 2. The molecule has 4 rings (SSSR count). The number of anilines is 2. The Labute approximate surface area is 196 Å². The molecule has 1 aliphatic carbocycles. The molecule has 6 heteroatoms. The molecule has 2 aromatic carbocycles. The Balaban J connectivity index is 1.54. The van der Waals surface area contributed by atoms with Gasteiger partial charge in [-0.2, -0.15) is 0 Å². The normalized spacial score (nSPS) is 22.3. The third-order valence-corrected chi connectivity index (χ3v) is 6.42. The lowest BCUT2D eigenvalue weighted by Gasteiger charge is -2.46. The van der Waals surface area contributed by atoms with Crippen LogP contribution in [0.15, 0.2) is 48.5 Å². The average molecular weight is 450 g/mol. The molecule has 2 N–H and O–H groups in total. The van der Waals surface area contributed by atoms with Crippen LogP contribution in [0.1, 0.15) is 64.6 Å². The van der Waals surface area contributed by atoms with Crippen molar-refractivity contribution in [1.29, 1.82) is 0 Å². The van der Waals surface area contributed by atoms with Gasteiger partial charge in [0.2, 0.25) is 5.91 Å². The molecule has 176 valence electrons. The first-order chi connectivity index (χ1) is 15.6. The number of rotatable bonds is 5. The molecule has 2 aromatic rings. The van der Waals surface area contributed by atoms with Gasteiger partial charge in [0, 0.05) is 36.8 Å². The lowest BCUT2D eigenvalue weighted by Crippen LogP contribution is -2.51. The highest BCUT2D eigenvalue weighted by Crippen LogP contribution is 2.49. The quantitative estimate of drug-likeness (QED) is 0.619. The van der Waals surface area contributed by atoms with Crippen LogP contribution >= 0.6 is 0 Å². The summed E-state index contributed by atoms with van der Waals surface area (Å²) in [6.45, 7) is 9.87. The summed E-state index contributed by atoms with van der Waals surface area (Å²) in [5.74, 6) is 0.936. The van der Waals surface area contributed by atoms with Crippen LogP contribution in [0.3, 0.4) is 0 Å². The minimum absolute atomic E-state index is 0.0939. The van der Waals surface area contributed by atoms with Crippen molar-refractivity contribution in [3.05, 3.63) is 59.7 Å². The van der Waals surface area contributed by atoms with E-state index in [0.717, 1.165) is 22.5 Å². The summed E-state index contributed by atoms with van der Waals surface area (Å²) in [5.41, 5.74) is 3.63. The van der Waals surface area contributed by atoms with Gasteiger partial charge in [0.25, 0.3) is 0 Å². The van der Waals surface area contributed by atoms with Crippen LogP contribution in [0.25, 0.3) is 0 Å². The maximum atomic E-state index is 12.6. The third kappa shape index (κ3) is 5.32. The number of fused-ring (bicyclic) bond motifs is 1. The van der Waals surface area contributed by atoms with Gasteiger partial charge in [0.15, 0.2) is 0 Å². The van der Waals surface area contributed by atoms with Crippen LogP contribution in [0.4, 0.5) is 16.2 Å². The summed E-state index contributed by atoms with van der Waals surface area (Å²) in [5, 5.41) is 6.57. The van der Waals surface area contributed by atoms with Crippen molar-refractivity contribution in [2.24, 2.45) is 11.8 Å². The molecular weight excluding hydrogens is 414 g/mol. The molecule has 0 radical (unpaired) electrons. The van der Waals surface area contributed by atoms with Crippen molar-refractivity contribution in [3.63, 3.8) is 0 Å². The Kier molecular flexibility index (Phi) is 6.37. The van der Waals surface area contributed by atoms with Crippen LogP contribution in [0, 0.1) is 11.8 Å². The summed E-state index contributed by atoms with van der Waals surface area (Å²) >= 11 is 0. The molecule has 1 fully saturated rings. The van der Waals surface area contributed by atoms with E-state index in [1.54, 1.807) is 6.92 Å². The molecule has 2 amide bonds. The number of hydrogen-bond donors (Lipinski definition) is 2. The minimum Gasteiger partial charge on any atom is -0.444 e. The molecule has 0 bridgehead atoms. The van der Waals surface area contributed by atoms with Crippen molar-refractivity contribution < 1.29 is 14.3 Å². The maximum Gasteiger partial charge on any atom is 0.407 e. The molecular formula is C27H35N3O3. The minimum atomic E-state index is -0.524. The second-order valence-corrected chi connectivity index (χ2v) is 10.3. The van der Waals surface area contributed by atoms with Crippen molar-refractivity contribution in [3.8, 4) is 0 Å². The maximum absolute atomic E-state index is 12.6. The number of carbonyl (C=O) groups is 2. The second-order valence-electron chi connectivity index (χ2n) is 10.3. The predicted molar refractivity (Wildman–Crippen MR) is 131 cm³/mol. The molecule has 2 unspecified atom stereocenters. The SMILES string of the molecule is CC(=O)N1c2ccccc2C(Nc2cccc(CNC(=O)OC(C)(C)C)c2)[C@@H](C)C1C1CC1. The Morgan fingerprint density at radius 1 is 1.09 bits per heavy atom. The first kappa shape index (κ1) is 23.1. The zero-order valence-electron chi connectivity index (χ0n) is 20.2. The number of benzene rings is 2. The number of nitrogens with one attached hydrogen (secondary N) is 2. The van der Waals surface area contributed by atoms with Gasteiger partial charge in [-0.3, -0.25) is 4.79 Å². The first-order valence-corrected chi connectivity index (χ1v) is 11.8. The highest BCUT2D eigenvalue weighted by atomic mass is 16.6. The lowest BCUT2D eigenvalue weighted by molar-refractivity contribution is -0.117. The summed E-state index contributed by atoms with van der Waals surface area (Å²) in [6.07, 6.45) is 1.94. The summed E-state index contributed by atoms with van der Waals surface area (Å²) in [7, 11) is 0. The zero-order valence-corrected chi connectivity index (χ0v) is 20.2. The van der Waals surface area contributed by atoms with E-state index in [-0.39, 0.29) is 23.9 Å². The Morgan fingerprint density at radius 3 is 2.48 bits per heavy atom. The van der Waals surface area contributed by atoms with Gasteiger partial charge < -0.3 is 20.3 Å². The number of ether oxygens (including phenoxy) is 1. The lowest BCUT2D eigenvalue weighted by atomic mass is 9.80. The number of para-hydroxylation sites is 1. The largest absolute Gasteiger partial charge is 0.444 e. The Bertz CT molecular complexity index is 1030. The van der Waals surface area contributed by atoms with Crippen molar-refractivity contribution in [2.75, 3.05) is 10.2 Å². The topological polar surface area (TPSA) is 70.7 Å². The number of nitrogens with zero attached hydrogens (tertiary/aromatic N) is 1. The standard InChI is InChI=1S/C27H35N3O3/c1-17-24(22-11-6-7-12-23(22)30(18(2)31)25(17)20-13-14-20)29-21-10-8-9-19(15-21)16-28-26(32)33-27(3,4)5/h6-12,15,17,20,24-25,29H,13-14,16H2,1-5H3,(H,28,32)/t17-,24?,25?/m1/s1. The van der Waals surface area contributed by atoms with Gasteiger partial charge in [-0.1, -0.05) is 37.3 Å². The fraction of sp³-hybridized carbons (Fsp3) is 0.481. The molecule has 0 aromatic heterocycles. The number of amides is 2. The average Bonchev–Trinajstić information content (AvgIpc) is 3.58. The van der Waals surface area contributed by atoms with Gasteiger partial charge in [-0.15, -0.1) is 0 Å². The summed E-state index contributed by atoms with van der Waals surface area (Å²) in [4.78, 5) is 26.7. The van der Waals surface area contributed by atoms with Crippen molar-refractivity contribution in [2.45, 2.75) is 71.7 Å². The van der Waals surface area contributed by atoms with E-state index in [2.05, 4.69) is 41.8 Å². The van der Waals surface area contributed by atoms with Crippen molar-refractivity contribution >= 4 is 23.4 Å². The van der Waals surface area contributed by atoms with Gasteiger partial charge in [0.05, 0.1) is 6.04 Å². The number of alkyl carbamates (subject to hydrolysis) is 1. The Hall–Kier alpha value is -3.02. The highest BCUT2D eigenvalue weighted by molar-refractivity contribution is 5.94. The predicted octanol–water partition coefficient (Wildman–Crippen LogP) is 5.65. The van der Waals surface area contributed by atoms with E-state index < -0.39 is 11.7 Å². The van der Waals surface area contributed by atoms with E-state index in [4.69, 9.17) is 4.74 Å². The van der Waals surface area contributed by atoms with Crippen LogP contribution in [0.2, 0.25) is 0 Å². The second kappa shape index (κ2) is 9.08. The molecule has 0 spiro atoms. The zero-order chi connectivity index (χ0) is 23.8. The molecule has 33 heavy (non-hydrogen) atoms. The van der Waals surface area contributed by atoms with E-state index >= 15 is 0 Å².